The van der Waals surface area contributed by atoms with E-state index in [0.717, 1.165) is 12.8 Å². The molecule has 1 aromatic rings. The average Bonchev–Trinajstić information content (AvgIpc) is 2.26. The molecule has 0 aliphatic carbocycles. The van der Waals surface area contributed by atoms with Gasteiger partial charge in [0.05, 0.1) is 0 Å². The number of benzene rings is 1. The van der Waals surface area contributed by atoms with Gasteiger partial charge in [0, 0.05) is 12.1 Å². The summed E-state index contributed by atoms with van der Waals surface area (Å²) < 4.78 is 0. The third kappa shape index (κ3) is 3.67. The van der Waals surface area contributed by atoms with Crippen LogP contribution < -0.4 is 5.32 Å². The topological polar surface area (TPSA) is 12.0 Å². The van der Waals surface area contributed by atoms with Crippen LogP contribution in [-0.2, 0) is 6.42 Å². The third-order valence-corrected chi connectivity index (χ3v) is 2.73. The maximum Gasteiger partial charge on any atom is 0.0319 e. The van der Waals surface area contributed by atoms with E-state index in [1.807, 2.05) is 0 Å². The van der Waals surface area contributed by atoms with E-state index in [1.54, 1.807) is 0 Å². The predicted octanol–water partition coefficient (Wildman–Crippen LogP) is 3.70. The number of rotatable bonds is 5. The molecule has 15 heavy (non-hydrogen) atoms. The summed E-state index contributed by atoms with van der Waals surface area (Å²) in [4.78, 5) is 0. The van der Waals surface area contributed by atoms with Gasteiger partial charge in [-0.1, -0.05) is 52.0 Å². The lowest BCUT2D eigenvalue weighted by Gasteiger charge is -2.20. The monoisotopic (exact) mass is 205 g/mol. The maximum atomic E-state index is 3.58. The van der Waals surface area contributed by atoms with Crippen molar-refractivity contribution >= 4 is 0 Å². The lowest BCUT2D eigenvalue weighted by molar-refractivity contribution is 0.466. The summed E-state index contributed by atoms with van der Waals surface area (Å²) in [5, 5.41) is 3.58. The van der Waals surface area contributed by atoms with Gasteiger partial charge in [0.1, 0.15) is 0 Å². The molecular formula is C14H23N. The van der Waals surface area contributed by atoms with Gasteiger partial charge in [-0.3, -0.25) is 0 Å². The minimum absolute atomic E-state index is 0.496. The van der Waals surface area contributed by atoms with E-state index < -0.39 is 0 Å². The number of nitrogens with one attached hydrogen (secondary N) is 1. The van der Waals surface area contributed by atoms with Crippen molar-refractivity contribution in [3.8, 4) is 0 Å². The largest absolute Gasteiger partial charge is 0.308 e. The smallest absolute Gasteiger partial charge is 0.0319 e. The number of hydrogen-bond donors (Lipinski definition) is 1. The number of hydrogen-bond acceptors (Lipinski definition) is 1. The molecule has 1 heteroatoms. The maximum absolute atomic E-state index is 3.58. The van der Waals surface area contributed by atoms with Gasteiger partial charge in [0.2, 0.25) is 0 Å². The van der Waals surface area contributed by atoms with Crippen molar-refractivity contribution in [2.75, 3.05) is 0 Å². The van der Waals surface area contributed by atoms with E-state index in [4.69, 9.17) is 0 Å². The first-order chi connectivity index (χ1) is 7.17. The molecule has 0 saturated carbocycles. The van der Waals surface area contributed by atoms with Crippen molar-refractivity contribution in [1.82, 2.24) is 5.32 Å². The van der Waals surface area contributed by atoms with Crippen LogP contribution >= 0.6 is 0 Å². The van der Waals surface area contributed by atoms with Crippen LogP contribution in [0.3, 0.4) is 0 Å². The molecule has 0 aliphatic rings. The van der Waals surface area contributed by atoms with Gasteiger partial charge in [-0.15, -0.1) is 0 Å². The van der Waals surface area contributed by atoms with E-state index >= 15 is 0 Å². The Kier molecular flexibility index (Phi) is 4.83. The molecule has 0 bridgehead atoms. The van der Waals surface area contributed by atoms with Crippen LogP contribution in [0.15, 0.2) is 24.3 Å². The molecule has 0 fully saturated rings. The normalized spacial score (nSPS) is 13.1. The van der Waals surface area contributed by atoms with Gasteiger partial charge in [0.25, 0.3) is 0 Å². The molecular weight excluding hydrogens is 182 g/mol. The second-order valence-corrected chi connectivity index (χ2v) is 4.38. The van der Waals surface area contributed by atoms with Gasteiger partial charge < -0.3 is 5.32 Å². The molecule has 1 aromatic carbocycles. The highest BCUT2D eigenvalue weighted by Gasteiger charge is 2.09. The summed E-state index contributed by atoms with van der Waals surface area (Å²) >= 11 is 0. The Morgan fingerprint density at radius 1 is 1.07 bits per heavy atom. The van der Waals surface area contributed by atoms with Crippen molar-refractivity contribution in [3.63, 3.8) is 0 Å². The zero-order chi connectivity index (χ0) is 11.3. The average molecular weight is 205 g/mol. The van der Waals surface area contributed by atoms with Crippen molar-refractivity contribution < 1.29 is 0 Å². The SMILES string of the molecule is CCc1ccc([C@H](CC)NC(C)C)cc1. The highest BCUT2D eigenvalue weighted by molar-refractivity contribution is 5.25. The summed E-state index contributed by atoms with van der Waals surface area (Å²) in [7, 11) is 0. The van der Waals surface area contributed by atoms with Crippen LogP contribution in [0.2, 0.25) is 0 Å². The molecule has 1 nitrogen and oxygen atoms in total. The quantitative estimate of drug-likeness (QED) is 0.773. The van der Waals surface area contributed by atoms with E-state index in [0.29, 0.717) is 12.1 Å². The van der Waals surface area contributed by atoms with Gasteiger partial charge in [0.15, 0.2) is 0 Å². The fourth-order valence-corrected chi connectivity index (χ4v) is 1.84. The van der Waals surface area contributed by atoms with Crippen LogP contribution in [0.5, 0.6) is 0 Å². The first-order valence-corrected chi connectivity index (χ1v) is 6.02. The fraction of sp³-hybridized carbons (Fsp3) is 0.571. The van der Waals surface area contributed by atoms with E-state index in [9.17, 15) is 0 Å². The Morgan fingerprint density at radius 2 is 1.67 bits per heavy atom. The van der Waals surface area contributed by atoms with Crippen molar-refractivity contribution in [2.45, 2.75) is 52.6 Å². The van der Waals surface area contributed by atoms with Crippen LogP contribution in [0, 0.1) is 0 Å². The molecule has 84 valence electrons. The van der Waals surface area contributed by atoms with Gasteiger partial charge in [-0.05, 0) is 24.0 Å². The highest BCUT2D eigenvalue weighted by atomic mass is 14.9. The minimum atomic E-state index is 0.496. The molecule has 1 N–H and O–H groups in total. The lowest BCUT2D eigenvalue weighted by atomic mass is 10.0. The Bertz CT molecular complexity index is 274. The van der Waals surface area contributed by atoms with Gasteiger partial charge in [-0.25, -0.2) is 0 Å². The molecule has 0 aromatic heterocycles. The van der Waals surface area contributed by atoms with Crippen molar-refractivity contribution in [3.05, 3.63) is 35.4 Å². The first kappa shape index (κ1) is 12.3. The molecule has 0 heterocycles. The van der Waals surface area contributed by atoms with Gasteiger partial charge in [-0.2, -0.15) is 0 Å². The standard InChI is InChI=1S/C14H23N/c1-5-12-7-9-13(10-8-12)14(6-2)15-11(3)4/h7-11,14-15H,5-6H2,1-4H3/t14-/m0/s1. The highest BCUT2D eigenvalue weighted by Crippen LogP contribution is 2.18. The molecule has 0 aliphatic heterocycles. The van der Waals surface area contributed by atoms with E-state index in [-0.39, 0.29) is 0 Å². The second-order valence-electron chi connectivity index (χ2n) is 4.38. The molecule has 0 spiro atoms. The van der Waals surface area contributed by atoms with Crippen LogP contribution in [0.1, 0.15) is 51.3 Å². The Balaban J connectivity index is 2.74. The number of aryl methyl sites for hydroxylation is 1. The summed E-state index contributed by atoms with van der Waals surface area (Å²) in [5.41, 5.74) is 2.82. The third-order valence-electron chi connectivity index (χ3n) is 2.73. The van der Waals surface area contributed by atoms with Crippen LogP contribution in [0.25, 0.3) is 0 Å². The van der Waals surface area contributed by atoms with Crippen molar-refractivity contribution in [2.24, 2.45) is 0 Å². The Labute approximate surface area is 93.9 Å². The van der Waals surface area contributed by atoms with E-state index in [2.05, 4.69) is 57.3 Å². The first-order valence-electron chi connectivity index (χ1n) is 6.02. The molecule has 0 radical (unpaired) electrons. The molecule has 0 saturated heterocycles. The summed E-state index contributed by atoms with van der Waals surface area (Å²) in [6.45, 7) is 8.82. The van der Waals surface area contributed by atoms with Crippen LogP contribution in [-0.4, -0.2) is 6.04 Å². The Hall–Kier alpha value is -0.820. The zero-order valence-corrected chi connectivity index (χ0v) is 10.4. The van der Waals surface area contributed by atoms with E-state index in [1.165, 1.54) is 11.1 Å². The Morgan fingerprint density at radius 3 is 2.07 bits per heavy atom. The molecule has 1 atom stereocenters. The summed E-state index contributed by atoms with van der Waals surface area (Å²) in [6.07, 6.45) is 2.26. The fourth-order valence-electron chi connectivity index (χ4n) is 1.84. The molecule has 0 unspecified atom stereocenters. The molecule has 0 amide bonds. The summed E-state index contributed by atoms with van der Waals surface area (Å²) in [5.74, 6) is 0. The predicted molar refractivity (Wildman–Crippen MR) is 67.1 cm³/mol. The second kappa shape index (κ2) is 5.92. The van der Waals surface area contributed by atoms with Crippen LogP contribution in [0.4, 0.5) is 0 Å². The van der Waals surface area contributed by atoms with Gasteiger partial charge >= 0.3 is 0 Å². The zero-order valence-electron chi connectivity index (χ0n) is 10.4. The molecule has 1 rings (SSSR count). The van der Waals surface area contributed by atoms with Crippen molar-refractivity contribution in [1.29, 1.82) is 0 Å². The lowest BCUT2D eigenvalue weighted by Crippen LogP contribution is -2.27. The summed E-state index contributed by atoms with van der Waals surface area (Å²) in [6, 6.07) is 10.0. The minimum Gasteiger partial charge on any atom is -0.308 e.